The molecule has 6 aromatic heterocycles. The number of ether oxygens (including phenoxy) is 1. The lowest BCUT2D eigenvalue weighted by atomic mass is 10.0. The average Bonchev–Trinajstić information content (AvgIpc) is 3.77. The molecule has 2 aromatic carbocycles. The third-order valence-electron chi connectivity index (χ3n) is 9.32. The van der Waals surface area contributed by atoms with Crippen LogP contribution in [-0.4, -0.2) is 46.6 Å². The number of pyridine rings is 3. The van der Waals surface area contributed by atoms with E-state index in [1.165, 1.54) is 20.7 Å². The van der Waals surface area contributed by atoms with E-state index in [0.717, 1.165) is 50.1 Å². The van der Waals surface area contributed by atoms with E-state index in [4.69, 9.17) is 14.8 Å². The Kier molecular flexibility index (Phi) is 12.4. The van der Waals surface area contributed by atoms with Crippen LogP contribution in [0.2, 0.25) is 0 Å². The number of aromatic nitrogens is 8. The first-order valence-electron chi connectivity index (χ1n) is 19.0. The van der Waals surface area contributed by atoms with Crippen LogP contribution < -0.4 is 26.5 Å². The number of hydrogen-bond acceptors (Lipinski definition) is 12. The number of aryl methyl sites for hydroxylation is 4. The first kappa shape index (κ1) is 39.9. The van der Waals surface area contributed by atoms with Gasteiger partial charge in [-0.1, -0.05) is 30.3 Å². The minimum absolute atomic E-state index is 0.167. The van der Waals surface area contributed by atoms with E-state index < -0.39 is 0 Å². The summed E-state index contributed by atoms with van der Waals surface area (Å²) in [6, 6.07) is 28.8. The lowest BCUT2D eigenvalue weighted by Crippen LogP contribution is -2.26. The van der Waals surface area contributed by atoms with Gasteiger partial charge in [-0.25, -0.2) is 14.3 Å². The van der Waals surface area contributed by atoms with E-state index in [1.807, 2.05) is 118 Å². The smallest absolute Gasteiger partial charge is 0.291 e. The highest BCUT2D eigenvalue weighted by Gasteiger charge is 2.23. The average molecular weight is 803 g/mol. The Morgan fingerprint density at radius 3 is 2.12 bits per heavy atom. The van der Waals surface area contributed by atoms with Gasteiger partial charge in [-0.05, 0) is 93.9 Å². The van der Waals surface area contributed by atoms with Crippen molar-refractivity contribution < 1.29 is 4.74 Å². The summed E-state index contributed by atoms with van der Waals surface area (Å²) in [7, 11) is 1.64. The summed E-state index contributed by atoms with van der Waals surface area (Å²) in [6.07, 6.45) is 8.57. The number of thiazole rings is 1. The summed E-state index contributed by atoms with van der Waals surface area (Å²) >= 11 is 1.52. The molecule has 0 spiro atoms. The standard InChI is InChI=1S/C28H25N5O2S.C17H17N5O/c1-4-33-28(34)26(30-22-16-29-15-14-18(22)2)24(25(32-33)19-8-6-5-7-9-19)23-17-36-27(31-23)20-10-12-21(35-3)13-11-20;1-3-22-17(23)16(20-14-5-4-8-18-11-14)9-15(21-22)13-7-6-12(2)19-10-13/h5-17,30H,4H2,1-3H3;4-11,20H,3H2,1-2H3. The van der Waals surface area contributed by atoms with Crippen LogP contribution in [0.15, 0.2) is 137 Å². The van der Waals surface area contributed by atoms with E-state index in [-0.39, 0.29) is 11.1 Å². The number of nitrogens with one attached hydrogen (secondary N) is 2. The topological polar surface area (TPSA) is 155 Å². The first-order chi connectivity index (χ1) is 28.8. The summed E-state index contributed by atoms with van der Waals surface area (Å²) in [6.45, 7) is 8.64. The molecule has 8 aromatic rings. The van der Waals surface area contributed by atoms with Crippen LogP contribution in [0.25, 0.3) is 44.3 Å². The molecule has 0 saturated carbocycles. The van der Waals surface area contributed by atoms with Gasteiger partial charge in [0.15, 0.2) is 0 Å². The molecular formula is C45H42N10O3S. The summed E-state index contributed by atoms with van der Waals surface area (Å²) in [4.78, 5) is 43.6. The maximum absolute atomic E-state index is 13.6. The molecule has 0 atom stereocenters. The molecule has 0 aliphatic carbocycles. The summed E-state index contributed by atoms with van der Waals surface area (Å²) in [5.41, 5.74) is 9.41. The number of nitrogens with zero attached hydrogens (tertiary/aromatic N) is 8. The van der Waals surface area contributed by atoms with Crippen LogP contribution in [-0.2, 0) is 13.1 Å². The van der Waals surface area contributed by atoms with Crippen molar-refractivity contribution in [2.75, 3.05) is 17.7 Å². The van der Waals surface area contributed by atoms with Gasteiger partial charge in [-0.15, -0.1) is 11.3 Å². The zero-order chi connectivity index (χ0) is 41.3. The largest absolute Gasteiger partial charge is 0.497 e. The van der Waals surface area contributed by atoms with Gasteiger partial charge >= 0.3 is 0 Å². The summed E-state index contributed by atoms with van der Waals surface area (Å²) < 4.78 is 8.21. The monoisotopic (exact) mass is 802 g/mol. The van der Waals surface area contributed by atoms with Gasteiger partial charge in [0, 0.05) is 59.4 Å². The van der Waals surface area contributed by atoms with E-state index in [0.29, 0.717) is 47.1 Å². The Morgan fingerprint density at radius 1 is 0.695 bits per heavy atom. The summed E-state index contributed by atoms with van der Waals surface area (Å²) in [5.74, 6) is 0.785. The normalized spacial score (nSPS) is 10.7. The van der Waals surface area contributed by atoms with Crippen LogP contribution >= 0.6 is 11.3 Å². The highest BCUT2D eigenvalue weighted by atomic mass is 32.1. The number of hydrogen-bond donors (Lipinski definition) is 2. The maximum atomic E-state index is 13.6. The molecule has 0 aliphatic rings. The third-order valence-corrected chi connectivity index (χ3v) is 10.2. The van der Waals surface area contributed by atoms with E-state index in [1.54, 1.807) is 44.2 Å². The van der Waals surface area contributed by atoms with Crippen LogP contribution in [0.1, 0.15) is 25.1 Å². The van der Waals surface area contributed by atoms with Crippen molar-refractivity contribution in [3.8, 4) is 50.1 Å². The SMILES string of the molecule is CCn1nc(-c2ccc(C)nc2)cc(Nc2cccnc2)c1=O.CCn1nc(-c2ccccc2)c(-c2csc(-c3ccc(OC)cc3)n2)c(Nc2cnccc2C)c1=O. The fourth-order valence-corrected chi connectivity index (χ4v) is 6.95. The molecule has 0 radical (unpaired) electrons. The van der Waals surface area contributed by atoms with Gasteiger partial charge in [0.05, 0.1) is 47.8 Å². The highest BCUT2D eigenvalue weighted by molar-refractivity contribution is 7.13. The zero-order valence-corrected chi connectivity index (χ0v) is 34.1. The zero-order valence-electron chi connectivity index (χ0n) is 33.2. The Balaban J connectivity index is 0.000000198. The molecule has 13 nitrogen and oxygen atoms in total. The second kappa shape index (κ2) is 18.3. The van der Waals surface area contributed by atoms with Crippen molar-refractivity contribution in [2.45, 2.75) is 40.8 Å². The van der Waals surface area contributed by atoms with Gasteiger partial charge in [0.1, 0.15) is 27.8 Å². The van der Waals surface area contributed by atoms with Crippen LogP contribution in [0.4, 0.5) is 22.7 Å². The van der Waals surface area contributed by atoms with Crippen molar-refractivity contribution in [1.82, 2.24) is 39.5 Å². The third kappa shape index (κ3) is 9.13. The molecule has 0 amide bonds. The van der Waals surface area contributed by atoms with Crippen molar-refractivity contribution in [3.63, 3.8) is 0 Å². The maximum Gasteiger partial charge on any atom is 0.291 e. The predicted octanol–water partition coefficient (Wildman–Crippen LogP) is 8.95. The summed E-state index contributed by atoms with van der Waals surface area (Å²) in [5, 5.41) is 18.5. The first-order valence-corrected chi connectivity index (χ1v) is 19.8. The Bertz CT molecular complexity index is 2790. The quantitative estimate of drug-likeness (QED) is 0.129. The molecule has 0 fully saturated rings. The molecule has 8 rings (SSSR count). The number of benzene rings is 2. The van der Waals surface area contributed by atoms with Crippen molar-refractivity contribution in [1.29, 1.82) is 0 Å². The Morgan fingerprint density at radius 2 is 1.44 bits per heavy atom. The second-order valence-corrected chi connectivity index (χ2v) is 14.1. The predicted molar refractivity (Wildman–Crippen MR) is 235 cm³/mol. The molecule has 296 valence electrons. The van der Waals surface area contributed by atoms with E-state index >= 15 is 0 Å². The van der Waals surface area contributed by atoms with Gasteiger partial charge in [0.2, 0.25) is 0 Å². The molecule has 0 aliphatic heterocycles. The Labute approximate surface area is 345 Å². The number of rotatable bonds is 11. The molecular weight excluding hydrogens is 761 g/mol. The van der Waals surface area contributed by atoms with Crippen LogP contribution in [0, 0.1) is 13.8 Å². The van der Waals surface area contributed by atoms with Gasteiger partial charge in [0.25, 0.3) is 11.1 Å². The van der Waals surface area contributed by atoms with Crippen LogP contribution in [0.3, 0.4) is 0 Å². The van der Waals surface area contributed by atoms with Crippen molar-refractivity contribution in [3.05, 3.63) is 159 Å². The molecule has 0 unspecified atom stereocenters. The lowest BCUT2D eigenvalue weighted by Gasteiger charge is -2.17. The van der Waals surface area contributed by atoms with E-state index in [2.05, 4.69) is 30.7 Å². The van der Waals surface area contributed by atoms with E-state index in [9.17, 15) is 9.59 Å². The molecule has 0 bridgehead atoms. The van der Waals surface area contributed by atoms with Crippen LogP contribution in [0.5, 0.6) is 5.75 Å². The van der Waals surface area contributed by atoms with Gasteiger partial charge in [-0.3, -0.25) is 24.5 Å². The minimum Gasteiger partial charge on any atom is -0.497 e. The lowest BCUT2D eigenvalue weighted by molar-refractivity contribution is 0.415. The Hall–Kier alpha value is -7.32. The molecule has 14 heteroatoms. The fraction of sp³-hybridized carbons (Fsp3) is 0.156. The number of anilines is 4. The van der Waals surface area contributed by atoms with Gasteiger partial charge in [-0.2, -0.15) is 10.2 Å². The molecule has 59 heavy (non-hydrogen) atoms. The fourth-order valence-electron chi connectivity index (χ4n) is 6.13. The minimum atomic E-state index is -0.213. The molecule has 2 N–H and O–H groups in total. The second-order valence-electron chi connectivity index (χ2n) is 13.3. The molecule has 0 saturated heterocycles. The van der Waals surface area contributed by atoms with Crippen molar-refractivity contribution >= 4 is 34.1 Å². The van der Waals surface area contributed by atoms with Crippen molar-refractivity contribution in [2.24, 2.45) is 0 Å². The number of methoxy groups -OCH3 is 1. The highest BCUT2D eigenvalue weighted by Crippen LogP contribution is 2.38. The van der Waals surface area contributed by atoms with Gasteiger partial charge < -0.3 is 15.4 Å². The molecule has 6 heterocycles.